The first kappa shape index (κ1) is 23.8. The second-order valence-electron chi connectivity index (χ2n) is 9.22. The Hall–Kier alpha value is -3.90. The van der Waals surface area contributed by atoms with Crippen molar-refractivity contribution in [1.82, 2.24) is 4.90 Å². The molecule has 1 atom stereocenters. The number of fused-ring (bicyclic) bond motifs is 2. The lowest BCUT2D eigenvalue weighted by Crippen LogP contribution is -2.31. The zero-order valence-electron chi connectivity index (χ0n) is 20.7. The fraction of sp³-hybridized carbons (Fsp3) is 0.267. The molecule has 3 aromatic carbocycles. The van der Waals surface area contributed by atoms with E-state index in [1.807, 2.05) is 80.6 Å². The highest BCUT2D eigenvalue weighted by Gasteiger charge is 2.42. The van der Waals surface area contributed by atoms with Crippen molar-refractivity contribution in [1.29, 1.82) is 0 Å². The monoisotopic (exact) mass is 483 g/mol. The lowest BCUT2D eigenvalue weighted by Gasteiger charge is -2.25. The number of methoxy groups -OCH3 is 1. The summed E-state index contributed by atoms with van der Waals surface area (Å²) in [6, 6.07) is 20.8. The maximum atomic E-state index is 13.8. The van der Waals surface area contributed by atoms with Crippen molar-refractivity contribution >= 4 is 16.9 Å². The molecular weight excluding hydrogens is 454 g/mol. The van der Waals surface area contributed by atoms with Gasteiger partial charge in [0.15, 0.2) is 5.43 Å². The molecule has 6 nitrogen and oxygen atoms in total. The first-order valence-electron chi connectivity index (χ1n) is 12.1. The van der Waals surface area contributed by atoms with Gasteiger partial charge in [-0.25, -0.2) is 0 Å². The van der Waals surface area contributed by atoms with Crippen LogP contribution in [0, 0.1) is 13.8 Å². The normalized spacial score (nSPS) is 14.9. The van der Waals surface area contributed by atoms with E-state index in [4.69, 9.17) is 13.9 Å². The summed E-state index contributed by atoms with van der Waals surface area (Å²) in [7, 11) is 1.63. The number of hydrogen-bond acceptors (Lipinski definition) is 5. The SMILES string of the molecule is COCCCN1C(=O)c2oc3c(C)cc(C)cc3c(=O)c2C1c1ccc(OCc2ccccc2)cc1. The number of amides is 1. The minimum atomic E-state index is -0.533. The van der Waals surface area contributed by atoms with Gasteiger partial charge in [-0.1, -0.05) is 48.5 Å². The lowest BCUT2D eigenvalue weighted by molar-refractivity contribution is 0.0708. The molecule has 6 heteroatoms. The molecule has 0 radical (unpaired) electrons. The first-order valence-corrected chi connectivity index (χ1v) is 12.1. The fourth-order valence-corrected chi connectivity index (χ4v) is 4.92. The van der Waals surface area contributed by atoms with Gasteiger partial charge in [0.25, 0.3) is 5.91 Å². The molecule has 0 fully saturated rings. The van der Waals surface area contributed by atoms with Crippen LogP contribution in [0.5, 0.6) is 5.75 Å². The van der Waals surface area contributed by atoms with Gasteiger partial charge in [-0.2, -0.15) is 0 Å². The van der Waals surface area contributed by atoms with E-state index < -0.39 is 6.04 Å². The van der Waals surface area contributed by atoms with Crippen LogP contribution in [0.25, 0.3) is 11.0 Å². The summed E-state index contributed by atoms with van der Waals surface area (Å²) in [6.45, 7) is 5.27. The molecule has 0 saturated carbocycles. The molecule has 1 aliphatic heterocycles. The van der Waals surface area contributed by atoms with E-state index in [1.54, 1.807) is 12.0 Å². The summed E-state index contributed by atoms with van der Waals surface area (Å²) in [5, 5.41) is 0.505. The van der Waals surface area contributed by atoms with Crippen molar-refractivity contribution in [3.63, 3.8) is 0 Å². The van der Waals surface area contributed by atoms with Crippen molar-refractivity contribution < 1.29 is 18.7 Å². The highest BCUT2D eigenvalue weighted by Crippen LogP contribution is 2.39. The predicted molar refractivity (Wildman–Crippen MR) is 139 cm³/mol. The Bertz CT molecular complexity index is 1460. The van der Waals surface area contributed by atoms with E-state index in [-0.39, 0.29) is 17.1 Å². The molecule has 0 N–H and O–H groups in total. The van der Waals surface area contributed by atoms with Crippen molar-refractivity contribution in [2.24, 2.45) is 0 Å². The highest BCUT2D eigenvalue weighted by atomic mass is 16.5. The third kappa shape index (κ3) is 4.40. The van der Waals surface area contributed by atoms with Crippen molar-refractivity contribution in [3.05, 3.63) is 111 Å². The summed E-state index contributed by atoms with van der Waals surface area (Å²) >= 11 is 0. The Kier molecular flexibility index (Phi) is 6.61. The van der Waals surface area contributed by atoms with Gasteiger partial charge < -0.3 is 18.8 Å². The number of carbonyl (C=O) groups is 1. The number of aryl methyl sites for hydroxylation is 2. The van der Waals surface area contributed by atoms with Crippen molar-refractivity contribution in [2.45, 2.75) is 32.9 Å². The highest BCUT2D eigenvalue weighted by molar-refractivity contribution is 5.99. The quantitative estimate of drug-likeness (QED) is 0.307. The summed E-state index contributed by atoms with van der Waals surface area (Å²) in [5.41, 5.74) is 4.44. The summed E-state index contributed by atoms with van der Waals surface area (Å²) in [4.78, 5) is 29.0. The molecule has 1 aromatic heterocycles. The molecule has 1 amide bonds. The molecule has 0 saturated heterocycles. The van der Waals surface area contributed by atoms with Crippen LogP contribution in [0.15, 0.2) is 75.9 Å². The second kappa shape index (κ2) is 9.99. The van der Waals surface area contributed by atoms with Crippen LogP contribution in [0.1, 0.15) is 50.8 Å². The predicted octanol–water partition coefficient (Wildman–Crippen LogP) is 5.57. The van der Waals surface area contributed by atoms with Crippen LogP contribution in [0.4, 0.5) is 0 Å². The Morgan fingerprint density at radius 2 is 1.72 bits per heavy atom. The zero-order valence-corrected chi connectivity index (χ0v) is 20.7. The molecule has 2 heterocycles. The molecule has 0 aliphatic carbocycles. The molecule has 1 aliphatic rings. The van der Waals surface area contributed by atoms with Crippen molar-refractivity contribution in [2.75, 3.05) is 20.3 Å². The average molecular weight is 484 g/mol. The van der Waals surface area contributed by atoms with Crippen LogP contribution in [0.3, 0.4) is 0 Å². The number of benzene rings is 3. The first-order chi connectivity index (χ1) is 17.5. The molecule has 0 spiro atoms. The molecule has 5 rings (SSSR count). The minimum Gasteiger partial charge on any atom is -0.489 e. The van der Waals surface area contributed by atoms with Crippen LogP contribution >= 0.6 is 0 Å². The third-order valence-electron chi connectivity index (χ3n) is 6.59. The zero-order chi connectivity index (χ0) is 25.2. The summed E-state index contributed by atoms with van der Waals surface area (Å²) in [5.74, 6) is 0.579. The Labute approximate surface area is 210 Å². The van der Waals surface area contributed by atoms with E-state index in [0.29, 0.717) is 42.7 Å². The number of ether oxygens (including phenoxy) is 2. The Morgan fingerprint density at radius 3 is 2.44 bits per heavy atom. The summed E-state index contributed by atoms with van der Waals surface area (Å²) in [6.07, 6.45) is 0.650. The van der Waals surface area contributed by atoms with Crippen LogP contribution in [0.2, 0.25) is 0 Å². The van der Waals surface area contributed by atoms with E-state index in [2.05, 4.69) is 0 Å². The molecule has 36 heavy (non-hydrogen) atoms. The number of rotatable bonds is 8. The van der Waals surface area contributed by atoms with E-state index in [0.717, 1.165) is 28.0 Å². The van der Waals surface area contributed by atoms with Gasteiger partial charge in [0.2, 0.25) is 5.76 Å². The minimum absolute atomic E-state index is 0.131. The van der Waals surface area contributed by atoms with Gasteiger partial charge >= 0.3 is 0 Å². The molecule has 4 aromatic rings. The van der Waals surface area contributed by atoms with Crippen molar-refractivity contribution in [3.8, 4) is 5.75 Å². The van der Waals surface area contributed by atoms with Crippen LogP contribution in [-0.2, 0) is 11.3 Å². The maximum Gasteiger partial charge on any atom is 0.290 e. The van der Waals surface area contributed by atoms with Gasteiger partial charge in [-0.3, -0.25) is 9.59 Å². The second-order valence-corrected chi connectivity index (χ2v) is 9.22. The molecule has 184 valence electrons. The number of hydrogen-bond donors (Lipinski definition) is 0. The third-order valence-corrected chi connectivity index (χ3v) is 6.59. The van der Waals surface area contributed by atoms with E-state index >= 15 is 0 Å². The van der Waals surface area contributed by atoms with Gasteiger partial charge in [-0.05, 0) is 60.7 Å². The molecule has 1 unspecified atom stereocenters. The van der Waals surface area contributed by atoms with Gasteiger partial charge in [-0.15, -0.1) is 0 Å². The Balaban J connectivity index is 1.54. The largest absolute Gasteiger partial charge is 0.489 e. The fourth-order valence-electron chi connectivity index (χ4n) is 4.92. The smallest absolute Gasteiger partial charge is 0.290 e. The van der Waals surface area contributed by atoms with Gasteiger partial charge in [0.05, 0.1) is 17.0 Å². The van der Waals surface area contributed by atoms with E-state index in [9.17, 15) is 9.59 Å². The standard InChI is InChI=1S/C30H29NO5/c1-19-16-20(2)28-24(17-19)27(32)25-26(31(14-7-15-34-3)30(33)29(25)36-28)22-10-12-23(13-11-22)35-18-21-8-5-4-6-9-21/h4-6,8-13,16-17,26H,7,14-15,18H2,1-3H3. The Morgan fingerprint density at radius 1 is 0.972 bits per heavy atom. The lowest BCUT2D eigenvalue weighted by atomic mass is 9.97. The number of carbonyl (C=O) groups excluding carboxylic acids is 1. The topological polar surface area (TPSA) is 69.0 Å². The van der Waals surface area contributed by atoms with Crippen LogP contribution in [-0.4, -0.2) is 31.1 Å². The van der Waals surface area contributed by atoms with Crippen LogP contribution < -0.4 is 10.2 Å². The van der Waals surface area contributed by atoms with Gasteiger partial charge in [0.1, 0.15) is 17.9 Å². The average Bonchev–Trinajstić information content (AvgIpc) is 3.16. The van der Waals surface area contributed by atoms with E-state index in [1.165, 1.54) is 0 Å². The molecular formula is C30H29NO5. The maximum absolute atomic E-state index is 13.8. The van der Waals surface area contributed by atoms with Gasteiger partial charge in [0, 0.05) is 20.3 Å². The molecule has 0 bridgehead atoms. The summed E-state index contributed by atoms with van der Waals surface area (Å²) < 4.78 is 17.3. The number of nitrogens with zero attached hydrogens (tertiary/aromatic N) is 1.